The Balaban J connectivity index is 2.32. The van der Waals surface area contributed by atoms with Crippen LogP contribution in [0.15, 0.2) is 30.3 Å². The molecule has 0 spiro atoms. The molecule has 0 saturated heterocycles. The third-order valence-corrected chi connectivity index (χ3v) is 3.56. The normalized spacial score (nSPS) is 11.4. The quantitative estimate of drug-likeness (QED) is 0.463. The van der Waals surface area contributed by atoms with Crippen molar-refractivity contribution in [2.75, 3.05) is 12.4 Å². The second-order valence-corrected chi connectivity index (χ2v) is 5.53. The van der Waals surface area contributed by atoms with Gasteiger partial charge in [0.2, 0.25) is 0 Å². The molecule has 0 amide bonds. The Morgan fingerprint density at radius 2 is 1.67 bits per heavy atom. The van der Waals surface area contributed by atoms with E-state index in [1.54, 1.807) is 0 Å². The summed E-state index contributed by atoms with van der Waals surface area (Å²) in [7, 11) is 0. The smallest absolute Gasteiger partial charge is 0.0236 e. The number of hydrogen-bond donors (Lipinski definition) is 0. The molecule has 1 rings (SSSR count). The van der Waals surface area contributed by atoms with Crippen LogP contribution < -0.4 is 0 Å². The van der Waals surface area contributed by atoms with Crippen LogP contribution in [-0.4, -0.2) is 23.4 Å². The SMILES string of the molecule is CC(C)N(CCCCCCCl)Cc1ccccc1. The summed E-state index contributed by atoms with van der Waals surface area (Å²) in [5.74, 6) is 0.803. The second kappa shape index (κ2) is 9.41. The number of unbranched alkanes of at least 4 members (excludes halogenated alkanes) is 3. The molecule has 0 saturated carbocycles. The lowest BCUT2D eigenvalue weighted by molar-refractivity contribution is 0.208. The van der Waals surface area contributed by atoms with Crippen LogP contribution in [-0.2, 0) is 6.54 Å². The molecule has 102 valence electrons. The molecular formula is C16H26ClN. The molecule has 2 heteroatoms. The second-order valence-electron chi connectivity index (χ2n) is 5.15. The fourth-order valence-electron chi connectivity index (χ4n) is 2.10. The highest BCUT2D eigenvalue weighted by atomic mass is 35.5. The number of benzene rings is 1. The maximum atomic E-state index is 5.69. The highest BCUT2D eigenvalue weighted by Gasteiger charge is 2.09. The number of hydrogen-bond acceptors (Lipinski definition) is 1. The van der Waals surface area contributed by atoms with Crippen LogP contribution in [0, 0.1) is 0 Å². The summed E-state index contributed by atoms with van der Waals surface area (Å²) >= 11 is 5.69. The average molecular weight is 268 g/mol. The maximum absolute atomic E-state index is 5.69. The fourth-order valence-corrected chi connectivity index (χ4v) is 2.29. The van der Waals surface area contributed by atoms with E-state index in [0.29, 0.717) is 6.04 Å². The van der Waals surface area contributed by atoms with Crippen molar-refractivity contribution in [3.05, 3.63) is 35.9 Å². The van der Waals surface area contributed by atoms with Crippen molar-refractivity contribution in [2.24, 2.45) is 0 Å². The van der Waals surface area contributed by atoms with Gasteiger partial charge < -0.3 is 0 Å². The van der Waals surface area contributed by atoms with Gasteiger partial charge in [-0.15, -0.1) is 11.6 Å². The zero-order valence-corrected chi connectivity index (χ0v) is 12.5. The fraction of sp³-hybridized carbons (Fsp3) is 0.625. The lowest BCUT2D eigenvalue weighted by atomic mass is 10.1. The van der Waals surface area contributed by atoms with Gasteiger partial charge in [0.1, 0.15) is 0 Å². The third-order valence-electron chi connectivity index (χ3n) is 3.29. The minimum absolute atomic E-state index is 0.609. The lowest BCUT2D eigenvalue weighted by Crippen LogP contribution is -2.31. The largest absolute Gasteiger partial charge is 0.297 e. The molecule has 0 N–H and O–H groups in total. The summed E-state index contributed by atoms with van der Waals surface area (Å²) in [6.07, 6.45) is 5.00. The van der Waals surface area contributed by atoms with Crippen LogP contribution in [0.4, 0.5) is 0 Å². The number of alkyl halides is 1. The van der Waals surface area contributed by atoms with Gasteiger partial charge in [0.05, 0.1) is 0 Å². The van der Waals surface area contributed by atoms with E-state index >= 15 is 0 Å². The Kier molecular flexibility index (Phi) is 8.11. The first-order valence-corrected chi connectivity index (χ1v) is 7.61. The molecule has 0 aliphatic rings. The van der Waals surface area contributed by atoms with Crippen LogP contribution in [0.2, 0.25) is 0 Å². The number of halogens is 1. The number of rotatable bonds is 9. The zero-order chi connectivity index (χ0) is 13.2. The monoisotopic (exact) mass is 267 g/mol. The first kappa shape index (κ1) is 15.5. The Hall–Kier alpha value is -0.530. The molecule has 0 atom stereocenters. The molecule has 1 nitrogen and oxygen atoms in total. The molecule has 0 heterocycles. The van der Waals surface area contributed by atoms with Crippen molar-refractivity contribution in [1.29, 1.82) is 0 Å². The van der Waals surface area contributed by atoms with Gasteiger partial charge in [-0.2, -0.15) is 0 Å². The van der Waals surface area contributed by atoms with Crippen molar-refractivity contribution < 1.29 is 0 Å². The van der Waals surface area contributed by atoms with E-state index in [2.05, 4.69) is 49.1 Å². The van der Waals surface area contributed by atoms with Crippen molar-refractivity contribution in [2.45, 2.75) is 52.1 Å². The average Bonchev–Trinajstić information content (AvgIpc) is 2.38. The van der Waals surface area contributed by atoms with E-state index < -0.39 is 0 Å². The Morgan fingerprint density at radius 1 is 1.00 bits per heavy atom. The predicted molar refractivity (Wildman–Crippen MR) is 81.2 cm³/mol. The van der Waals surface area contributed by atoms with E-state index in [4.69, 9.17) is 11.6 Å². The van der Waals surface area contributed by atoms with Gasteiger partial charge in [0.15, 0.2) is 0 Å². The summed E-state index contributed by atoms with van der Waals surface area (Å²) < 4.78 is 0. The van der Waals surface area contributed by atoms with E-state index in [1.807, 2.05) is 0 Å². The van der Waals surface area contributed by atoms with Crippen LogP contribution in [0.3, 0.4) is 0 Å². The molecule has 0 unspecified atom stereocenters. The summed E-state index contributed by atoms with van der Waals surface area (Å²) in [6, 6.07) is 11.3. The molecule has 1 aromatic carbocycles. The van der Waals surface area contributed by atoms with Gasteiger partial charge in [0.25, 0.3) is 0 Å². The molecule has 0 aliphatic carbocycles. The van der Waals surface area contributed by atoms with Crippen molar-refractivity contribution in [3.8, 4) is 0 Å². The summed E-state index contributed by atoms with van der Waals surface area (Å²) in [4.78, 5) is 2.55. The van der Waals surface area contributed by atoms with Crippen LogP contribution in [0.5, 0.6) is 0 Å². The Labute approximate surface area is 117 Å². The Bertz CT molecular complexity index is 297. The van der Waals surface area contributed by atoms with E-state index in [-0.39, 0.29) is 0 Å². The highest BCUT2D eigenvalue weighted by molar-refractivity contribution is 6.17. The van der Waals surface area contributed by atoms with E-state index in [9.17, 15) is 0 Å². The van der Waals surface area contributed by atoms with Gasteiger partial charge in [0, 0.05) is 18.5 Å². The van der Waals surface area contributed by atoms with Crippen molar-refractivity contribution in [1.82, 2.24) is 4.90 Å². The summed E-state index contributed by atoms with van der Waals surface area (Å²) in [5.41, 5.74) is 1.41. The van der Waals surface area contributed by atoms with Gasteiger partial charge in [-0.05, 0) is 38.8 Å². The number of nitrogens with zero attached hydrogens (tertiary/aromatic N) is 1. The Morgan fingerprint density at radius 3 is 2.28 bits per heavy atom. The van der Waals surface area contributed by atoms with E-state index in [1.165, 1.54) is 31.4 Å². The van der Waals surface area contributed by atoms with Gasteiger partial charge in [-0.3, -0.25) is 4.90 Å². The minimum Gasteiger partial charge on any atom is -0.297 e. The predicted octanol–water partition coefficient (Wildman–Crippen LogP) is 4.70. The molecule has 1 aromatic rings. The van der Waals surface area contributed by atoms with Crippen molar-refractivity contribution >= 4 is 11.6 Å². The first-order valence-electron chi connectivity index (χ1n) is 7.08. The van der Waals surface area contributed by atoms with Crippen molar-refractivity contribution in [3.63, 3.8) is 0 Å². The lowest BCUT2D eigenvalue weighted by Gasteiger charge is -2.26. The molecule has 0 bridgehead atoms. The topological polar surface area (TPSA) is 3.24 Å². The standard InChI is InChI=1S/C16H26ClN/c1-15(2)18(13-9-4-3-8-12-17)14-16-10-6-5-7-11-16/h5-7,10-11,15H,3-4,8-9,12-14H2,1-2H3. The molecule has 0 radical (unpaired) electrons. The van der Waals surface area contributed by atoms with Crippen LogP contribution in [0.1, 0.15) is 45.1 Å². The molecule has 0 aromatic heterocycles. The third kappa shape index (κ3) is 6.42. The molecule has 18 heavy (non-hydrogen) atoms. The summed E-state index contributed by atoms with van der Waals surface area (Å²) in [6.45, 7) is 6.81. The highest BCUT2D eigenvalue weighted by Crippen LogP contribution is 2.10. The maximum Gasteiger partial charge on any atom is 0.0236 e. The minimum atomic E-state index is 0.609. The van der Waals surface area contributed by atoms with Gasteiger partial charge in [-0.25, -0.2) is 0 Å². The summed E-state index contributed by atoms with van der Waals surface area (Å²) in [5, 5.41) is 0. The molecule has 0 aliphatic heterocycles. The zero-order valence-electron chi connectivity index (χ0n) is 11.7. The van der Waals surface area contributed by atoms with E-state index in [0.717, 1.165) is 18.8 Å². The van der Waals surface area contributed by atoms with Gasteiger partial charge in [-0.1, -0.05) is 43.2 Å². The molecular weight excluding hydrogens is 242 g/mol. The van der Waals surface area contributed by atoms with Gasteiger partial charge >= 0.3 is 0 Å². The molecule has 0 fully saturated rings. The van der Waals surface area contributed by atoms with Crippen LogP contribution >= 0.6 is 11.6 Å². The first-order chi connectivity index (χ1) is 8.74. The van der Waals surface area contributed by atoms with Crippen LogP contribution in [0.25, 0.3) is 0 Å².